The van der Waals surface area contributed by atoms with Crippen LogP contribution in [0.25, 0.3) is 0 Å². The van der Waals surface area contributed by atoms with Crippen molar-refractivity contribution in [3.63, 3.8) is 0 Å². The molecule has 1 aliphatic heterocycles. The van der Waals surface area contributed by atoms with Gasteiger partial charge in [0, 0.05) is 36.6 Å². The monoisotopic (exact) mass is 473 g/mol. The molecule has 0 radical (unpaired) electrons. The summed E-state index contributed by atoms with van der Waals surface area (Å²) in [6.07, 6.45) is -0.238. The number of β-amino-alcohol motifs (C(OH)–C–C–N with tert-alkyl or cyclic N) is 1. The molecule has 0 bridgehead atoms. The maximum absolute atomic E-state index is 10.3. The first-order valence-electron chi connectivity index (χ1n) is 11.9. The molecule has 0 unspecified atom stereocenters. The molecule has 1 saturated heterocycles. The van der Waals surface area contributed by atoms with Gasteiger partial charge in [0.2, 0.25) is 0 Å². The number of hydrogen-bond acceptors (Lipinski definition) is 6. The van der Waals surface area contributed by atoms with Crippen LogP contribution in [-0.4, -0.2) is 71.7 Å². The van der Waals surface area contributed by atoms with Gasteiger partial charge in [0.1, 0.15) is 30.8 Å². The number of rotatable bonds is 11. The smallest absolute Gasteiger partial charge is 0.122 e. The summed E-state index contributed by atoms with van der Waals surface area (Å²) in [5.41, 5.74) is 3.27. The molecule has 1 heterocycles. The summed E-state index contributed by atoms with van der Waals surface area (Å²) in [6.45, 7) is 11.8. The Bertz CT molecular complexity index is 865. The zero-order valence-corrected chi connectivity index (χ0v) is 21.2. The Morgan fingerprint density at radius 3 is 2.21 bits per heavy atom. The molecule has 182 valence electrons. The van der Waals surface area contributed by atoms with E-state index in [1.807, 2.05) is 43.8 Å². The van der Waals surface area contributed by atoms with E-state index in [2.05, 4.69) is 43.0 Å². The van der Waals surface area contributed by atoms with Gasteiger partial charge in [-0.3, -0.25) is 4.90 Å². The summed E-state index contributed by atoms with van der Waals surface area (Å²) in [6, 6.07) is 14.4. The second-order valence-electron chi connectivity index (χ2n) is 9.38. The minimum Gasteiger partial charge on any atom is -0.491 e. The predicted molar refractivity (Wildman–Crippen MR) is 137 cm³/mol. The summed E-state index contributed by atoms with van der Waals surface area (Å²) < 4.78 is 11.6. The van der Waals surface area contributed by atoms with Crippen molar-refractivity contribution in [1.29, 1.82) is 0 Å². The van der Waals surface area contributed by atoms with Gasteiger partial charge in [-0.15, -0.1) is 0 Å². The van der Waals surface area contributed by atoms with Crippen LogP contribution < -0.4 is 9.47 Å². The topological polar surface area (TPSA) is 62.2 Å². The standard InChI is InChI=1S/C27H39NO4S/c1-5-23(29)18-32-26-11-8-22(16-20(26)2)27(3,4)21-6-9-25(10-7-21)31-19-24(30)17-28-12-14-33-15-13-28/h6-11,16,23-24,29-30H,5,12-15,17-19H2,1-4H3/t23-,24-/m0/s1. The molecule has 6 heteroatoms. The SMILES string of the molecule is CC[C@H](O)COc1ccc(C(C)(C)c2ccc(OC[C@@H](O)CN3CCSCC3)cc2)cc1C. The Morgan fingerprint density at radius 1 is 0.939 bits per heavy atom. The first-order chi connectivity index (χ1) is 15.8. The summed E-state index contributed by atoms with van der Waals surface area (Å²) in [5.74, 6) is 3.87. The fourth-order valence-corrected chi connectivity index (χ4v) is 4.94. The number of thioether (sulfide) groups is 1. The Labute approximate surface area is 203 Å². The van der Waals surface area contributed by atoms with Crippen LogP contribution in [0.3, 0.4) is 0 Å². The van der Waals surface area contributed by atoms with Crippen LogP contribution in [0.4, 0.5) is 0 Å². The molecule has 33 heavy (non-hydrogen) atoms. The molecule has 5 nitrogen and oxygen atoms in total. The van der Waals surface area contributed by atoms with E-state index in [4.69, 9.17) is 9.47 Å². The molecular formula is C27H39NO4S. The fourth-order valence-electron chi connectivity index (χ4n) is 3.97. The summed E-state index contributed by atoms with van der Waals surface area (Å²) in [5, 5.41) is 20.1. The quantitative estimate of drug-likeness (QED) is 0.509. The molecular weight excluding hydrogens is 434 g/mol. The molecule has 2 aromatic carbocycles. The Morgan fingerprint density at radius 2 is 1.58 bits per heavy atom. The highest BCUT2D eigenvalue weighted by atomic mass is 32.2. The lowest BCUT2D eigenvalue weighted by Gasteiger charge is -2.28. The third kappa shape index (κ3) is 7.38. The van der Waals surface area contributed by atoms with Crippen LogP contribution in [0.1, 0.15) is 43.9 Å². The van der Waals surface area contributed by atoms with E-state index < -0.39 is 12.2 Å². The van der Waals surface area contributed by atoms with Crippen LogP contribution >= 0.6 is 11.8 Å². The van der Waals surface area contributed by atoms with Gasteiger partial charge in [0.15, 0.2) is 0 Å². The van der Waals surface area contributed by atoms with Gasteiger partial charge in [-0.25, -0.2) is 0 Å². The number of benzene rings is 2. The minimum atomic E-state index is -0.480. The largest absolute Gasteiger partial charge is 0.491 e. The lowest BCUT2D eigenvalue weighted by Crippen LogP contribution is -2.40. The van der Waals surface area contributed by atoms with Gasteiger partial charge in [-0.2, -0.15) is 11.8 Å². The van der Waals surface area contributed by atoms with E-state index in [9.17, 15) is 10.2 Å². The highest BCUT2D eigenvalue weighted by Crippen LogP contribution is 2.34. The summed E-state index contributed by atoms with van der Waals surface area (Å²) in [4.78, 5) is 2.31. The average molecular weight is 474 g/mol. The van der Waals surface area contributed by atoms with Crippen LogP contribution in [0.15, 0.2) is 42.5 Å². The number of hydrogen-bond donors (Lipinski definition) is 2. The van der Waals surface area contributed by atoms with Crippen molar-refractivity contribution in [2.75, 3.05) is 44.4 Å². The molecule has 0 aliphatic carbocycles. The van der Waals surface area contributed by atoms with Gasteiger partial charge >= 0.3 is 0 Å². The van der Waals surface area contributed by atoms with Crippen molar-refractivity contribution in [3.8, 4) is 11.5 Å². The van der Waals surface area contributed by atoms with Crippen molar-refractivity contribution >= 4 is 11.8 Å². The number of aryl methyl sites for hydroxylation is 1. The summed E-state index contributed by atoms with van der Waals surface area (Å²) in [7, 11) is 0. The van der Waals surface area contributed by atoms with Crippen LogP contribution in [0.5, 0.6) is 11.5 Å². The number of nitrogens with zero attached hydrogens (tertiary/aromatic N) is 1. The molecule has 0 spiro atoms. The average Bonchev–Trinajstić information content (AvgIpc) is 2.82. The molecule has 0 amide bonds. The van der Waals surface area contributed by atoms with Gasteiger partial charge in [-0.1, -0.05) is 45.0 Å². The highest BCUT2D eigenvalue weighted by Gasteiger charge is 2.24. The van der Waals surface area contributed by atoms with E-state index in [-0.39, 0.29) is 5.41 Å². The lowest BCUT2D eigenvalue weighted by molar-refractivity contribution is 0.0715. The zero-order valence-electron chi connectivity index (χ0n) is 20.4. The zero-order chi connectivity index (χ0) is 23.8. The maximum atomic E-state index is 10.3. The first-order valence-corrected chi connectivity index (χ1v) is 13.1. The van der Waals surface area contributed by atoms with E-state index in [1.165, 1.54) is 11.1 Å². The minimum absolute atomic E-state index is 0.184. The van der Waals surface area contributed by atoms with Crippen molar-refractivity contribution in [3.05, 3.63) is 59.2 Å². The fraction of sp³-hybridized carbons (Fsp3) is 0.556. The maximum Gasteiger partial charge on any atom is 0.122 e. The Balaban J connectivity index is 1.57. The Kier molecular flexibility index (Phi) is 9.50. The van der Waals surface area contributed by atoms with E-state index >= 15 is 0 Å². The second-order valence-corrected chi connectivity index (χ2v) is 10.6. The first kappa shape index (κ1) is 25.9. The van der Waals surface area contributed by atoms with Crippen LogP contribution in [0.2, 0.25) is 0 Å². The van der Waals surface area contributed by atoms with Crippen LogP contribution in [-0.2, 0) is 5.41 Å². The van der Waals surface area contributed by atoms with E-state index in [0.717, 1.165) is 41.7 Å². The molecule has 2 aromatic rings. The van der Waals surface area contributed by atoms with Crippen LogP contribution in [0, 0.1) is 6.92 Å². The number of aliphatic hydroxyl groups is 2. The highest BCUT2D eigenvalue weighted by molar-refractivity contribution is 7.99. The van der Waals surface area contributed by atoms with Gasteiger partial charge in [0.25, 0.3) is 0 Å². The number of aliphatic hydroxyl groups excluding tert-OH is 2. The van der Waals surface area contributed by atoms with Crippen molar-refractivity contribution in [2.45, 2.75) is 51.7 Å². The molecule has 1 aliphatic rings. The normalized spacial score (nSPS) is 16.9. The molecule has 1 fully saturated rings. The summed E-state index contributed by atoms with van der Waals surface area (Å²) >= 11 is 1.97. The Hall–Kier alpha value is -1.73. The van der Waals surface area contributed by atoms with E-state index in [0.29, 0.717) is 26.2 Å². The molecule has 0 aromatic heterocycles. The van der Waals surface area contributed by atoms with Gasteiger partial charge in [-0.05, 0) is 48.2 Å². The molecule has 3 rings (SSSR count). The van der Waals surface area contributed by atoms with Gasteiger partial charge in [0.05, 0.1) is 6.10 Å². The lowest BCUT2D eigenvalue weighted by atomic mass is 9.77. The molecule has 2 atom stereocenters. The third-order valence-electron chi connectivity index (χ3n) is 6.39. The third-order valence-corrected chi connectivity index (χ3v) is 7.33. The molecule has 2 N–H and O–H groups in total. The van der Waals surface area contributed by atoms with E-state index in [1.54, 1.807) is 0 Å². The van der Waals surface area contributed by atoms with Gasteiger partial charge < -0.3 is 19.7 Å². The van der Waals surface area contributed by atoms with Crippen molar-refractivity contribution < 1.29 is 19.7 Å². The number of ether oxygens (including phenoxy) is 2. The second kappa shape index (κ2) is 12.1. The predicted octanol–water partition coefficient (Wildman–Crippen LogP) is 4.26. The van der Waals surface area contributed by atoms with Crippen molar-refractivity contribution in [2.24, 2.45) is 0 Å². The molecule has 0 saturated carbocycles. The van der Waals surface area contributed by atoms with Crippen molar-refractivity contribution in [1.82, 2.24) is 4.90 Å².